The molecule has 26 heavy (non-hydrogen) atoms. The lowest BCUT2D eigenvalue weighted by atomic mass is 10.1. The molecule has 0 saturated carbocycles. The van der Waals surface area contributed by atoms with Crippen LogP contribution in [0.25, 0.3) is 0 Å². The number of nitrogens with one attached hydrogen (secondary N) is 1. The van der Waals surface area contributed by atoms with E-state index < -0.39 is 0 Å². The SMILES string of the molecule is COc1cccc(NC(=O)CN(C)C(=O)CCC(=O)c2ccccc2)c1. The molecule has 0 heterocycles. The number of Topliss-reactive ketones (excluding diaryl/α,β-unsaturated/α-hetero) is 1. The molecule has 136 valence electrons. The molecule has 0 aliphatic heterocycles. The van der Waals surface area contributed by atoms with E-state index in [1.807, 2.05) is 6.07 Å². The molecule has 0 unspecified atom stereocenters. The van der Waals surface area contributed by atoms with Crippen molar-refractivity contribution in [1.82, 2.24) is 4.90 Å². The molecule has 2 aromatic rings. The van der Waals surface area contributed by atoms with Crippen LogP contribution in [0.5, 0.6) is 5.75 Å². The Bertz CT molecular complexity index is 774. The second-order valence-electron chi connectivity index (χ2n) is 5.82. The maximum absolute atomic E-state index is 12.1. The van der Waals surface area contributed by atoms with Gasteiger partial charge in [-0.3, -0.25) is 14.4 Å². The van der Waals surface area contributed by atoms with Gasteiger partial charge < -0.3 is 15.0 Å². The summed E-state index contributed by atoms with van der Waals surface area (Å²) in [4.78, 5) is 37.6. The quantitative estimate of drug-likeness (QED) is 0.740. The Morgan fingerprint density at radius 2 is 1.73 bits per heavy atom. The highest BCUT2D eigenvalue weighted by molar-refractivity contribution is 5.98. The second kappa shape index (κ2) is 9.36. The zero-order valence-corrected chi connectivity index (χ0v) is 14.9. The van der Waals surface area contributed by atoms with Crippen molar-refractivity contribution in [3.8, 4) is 5.75 Å². The summed E-state index contributed by atoms with van der Waals surface area (Å²) in [7, 11) is 3.09. The third kappa shape index (κ3) is 5.73. The maximum Gasteiger partial charge on any atom is 0.243 e. The van der Waals surface area contributed by atoms with Crippen LogP contribution in [0, 0.1) is 0 Å². The molecule has 0 fully saturated rings. The van der Waals surface area contributed by atoms with Crippen molar-refractivity contribution in [1.29, 1.82) is 0 Å². The largest absolute Gasteiger partial charge is 0.497 e. The molecular formula is C20H22N2O4. The number of methoxy groups -OCH3 is 1. The number of ketones is 1. The van der Waals surface area contributed by atoms with Crippen molar-refractivity contribution in [3.05, 3.63) is 60.2 Å². The summed E-state index contributed by atoms with van der Waals surface area (Å²) in [6.45, 7) is -0.0877. The Morgan fingerprint density at radius 3 is 2.42 bits per heavy atom. The Balaban J connectivity index is 1.80. The molecule has 2 amide bonds. The lowest BCUT2D eigenvalue weighted by molar-refractivity contribution is -0.133. The minimum atomic E-state index is -0.316. The summed E-state index contributed by atoms with van der Waals surface area (Å²) in [5.74, 6) is -0.0293. The highest BCUT2D eigenvalue weighted by Crippen LogP contribution is 2.16. The molecule has 0 radical (unpaired) electrons. The molecule has 6 heteroatoms. The summed E-state index contributed by atoms with van der Waals surface area (Å²) < 4.78 is 5.10. The van der Waals surface area contributed by atoms with Gasteiger partial charge in [0.05, 0.1) is 13.7 Å². The zero-order valence-electron chi connectivity index (χ0n) is 14.9. The number of carbonyl (C=O) groups excluding carboxylic acids is 3. The van der Waals surface area contributed by atoms with Crippen LogP contribution in [0.15, 0.2) is 54.6 Å². The highest BCUT2D eigenvalue weighted by atomic mass is 16.5. The van der Waals surface area contributed by atoms with E-state index in [-0.39, 0.29) is 37.0 Å². The first-order valence-electron chi connectivity index (χ1n) is 8.25. The number of rotatable bonds is 8. The van der Waals surface area contributed by atoms with E-state index in [0.29, 0.717) is 17.0 Å². The molecule has 1 N–H and O–H groups in total. The van der Waals surface area contributed by atoms with Gasteiger partial charge in [0, 0.05) is 37.2 Å². The predicted molar refractivity (Wildman–Crippen MR) is 99.3 cm³/mol. The lowest BCUT2D eigenvalue weighted by Gasteiger charge is -2.17. The second-order valence-corrected chi connectivity index (χ2v) is 5.82. The van der Waals surface area contributed by atoms with Gasteiger partial charge >= 0.3 is 0 Å². The molecule has 0 spiro atoms. The fraction of sp³-hybridized carbons (Fsp3) is 0.250. The Kier molecular flexibility index (Phi) is 6.91. The number of carbonyl (C=O) groups is 3. The van der Waals surface area contributed by atoms with Crippen molar-refractivity contribution in [2.75, 3.05) is 26.0 Å². The molecular weight excluding hydrogens is 332 g/mol. The summed E-state index contributed by atoms with van der Waals surface area (Å²) in [5.41, 5.74) is 1.17. The van der Waals surface area contributed by atoms with E-state index in [2.05, 4.69) is 5.32 Å². The van der Waals surface area contributed by atoms with Gasteiger partial charge in [-0.1, -0.05) is 36.4 Å². The van der Waals surface area contributed by atoms with Gasteiger partial charge in [-0.2, -0.15) is 0 Å². The monoisotopic (exact) mass is 354 g/mol. The standard InChI is InChI=1S/C20H22N2O4/c1-22(14-19(24)21-16-9-6-10-17(13-16)26-2)20(25)12-11-18(23)15-7-4-3-5-8-15/h3-10,13H,11-12,14H2,1-2H3,(H,21,24). The smallest absolute Gasteiger partial charge is 0.243 e. The van der Waals surface area contributed by atoms with Gasteiger partial charge in [-0.25, -0.2) is 0 Å². The average molecular weight is 354 g/mol. The number of nitrogens with zero attached hydrogens (tertiary/aromatic N) is 1. The minimum absolute atomic E-state index is 0.0661. The average Bonchev–Trinajstić information content (AvgIpc) is 2.66. The summed E-state index contributed by atoms with van der Waals surface area (Å²) in [6, 6.07) is 15.8. The summed E-state index contributed by atoms with van der Waals surface area (Å²) >= 11 is 0. The normalized spacial score (nSPS) is 10.1. The number of hydrogen-bond acceptors (Lipinski definition) is 4. The molecule has 2 rings (SSSR count). The number of likely N-dealkylation sites (N-methyl/N-ethyl adjacent to an activating group) is 1. The van der Waals surface area contributed by atoms with Crippen LogP contribution in [0.2, 0.25) is 0 Å². The predicted octanol–water partition coefficient (Wildman–Crippen LogP) is 2.76. The minimum Gasteiger partial charge on any atom is -0.497 e. The van der Waals surface area contributed by atoms with Gasteiger partial charge in [-0.15, -0.1) is 0 Å². The summed E-state index contributed by atoms with van der Waals surface area (Å²) in [6.07, 6.45) is 0.182. The van der Waals surface area contributed by atoms with Crippen LogP contribution in [0.3, 0.4) is 0 Å². The third-order valence-electron chi connectivity index (χ3n) is 3.82. The van der Waals surface area contributed by atoms with E-state index in [4.69, 9.17) is 4.74 Å². The molecule has 0 aliphatic rings. The summed E-state index contributed by atoms with van der Waals surface area (Å²) in [5, 5.41) is 2.71. The topological polar surface area (TPSA) is 75.7 Å². The molecule has 0 aromatic heterocycles. The number of hydrogen-bond donors (Lipinski definition) is 1. The van der Waals surface area contributed by atoms with Crippen molar-refractivity contribution < 1.29 is 19.1 Å². The first kappa shape index (κ1) is 19.2. The Hall–Kier alpha value is -3.15. The van der Waals surface area contributed by atoms with Gasteiger partial charge in [0.2, 0.25) is 11.8 Å². The molecule has 6 nitrogen and oxygen atoms in total. The third-order valence-corrected chi connectivity index (χ3v) is 3.82. The van der Waals surface area contributed by atoms with Crippen LogP contribution < -0.4 is 10.1 Å². The van der Waals surface area contributed by atoms with Crippen molar-refractivity contribution in [2.45, 2.75) is 12.8 Å². The van der Waals surface area contributed by atoms with E-state index in [1.165, 1.54) is 4.90 Å². The Labute approximate surface area is 152 Å². The van der Waals surface area contributed by atoms with Crippen molar-refractivity contribution in [3.63, 3.8) is 0 Å². The number of anilines is 1. The van der Waals surface area contributed by atoms with Gasteiger partial charge in [0.15, 0.2) is 5.78 Å². The van der Waals surface area contributed by atoms with Gasteiger partial charge in [-0.05, 0) is 12.1 Å². The van der Waals surface area contributed by atoms with Crippen LogP contribution >= 0.6 is 0 Å². The van der Waals surface area contributed by atoms with Gasteiger partial charge in [0.25, 0.3) is 0 Å². The van der Waals surface area contributed by atoms with E-state index in [9.17, 15) is 14.4 Å². The number of benzene rings is 2. The lowest BCUT2D eigenvalue weighted by Crippen LogP contribution is -2.35. The van der Waals surface area contributed by atoms with Crippen LogP contribution in [0.1, 0.15) is 23.2 Å². The first-order chi connectivity index (χ1) is 12.5. The highest BCUT2D eigenvalue weighted by Gasteiger charge is 2.15. The van der Waals surface area contributed by atoms with Crippen LogP contribution in [-0.2, 0) is 9.59 Å². The van der Waals surface area contributed by atoms with Crippen LogP contribution in [0.4, 0.5) is 5.69 Å². The van der Waals surface area contributed by atoms with Crippen molar-refractivity contribution in [2.24, 2.45) is 0 Å². The number of amides is 2. The van der Waals surface area contributed by atoms with Crippen molar-refractivity contribution >= 4 is 23.3 Å². The molecule has 0 bridgehead atoms. The fourth-order valence-electron chi connectivity index (χ4n) is 2.38. The molecule has 0 aliphatic carbocycles. The molecule has 0 atom stereocenters. The first-order valence-corrected chi connectivity index (χ1v) is 8.25. The van der Waals surface area contributed by atoms with E-state index in [1.54, 1.807) is 62.7 Å². The fourth-order valence-corrected chi connectivity index (χ4v) is 2.38. The molecule has 0 saturated heterocycles. The number of ether oxygens (including phenoxy) is 1. The molecule has 2 aromatic carbocycles. The Morgan fingerprint density at radius 1 is 1.00 bits per heavy atom. The van der Waals surface area contributed by atoms with E-state index >= 15 is 0 Å². The van der Waals surface area contributed by atoms with E-state index in [0.717, 1.165) is 0 Å². The maximum atomic E-state index is 12.1. The zero-order chi connectivity index (χ0) is 18.9. The van der Waals surface area contributed by atoms with Crippen LogP contribution in [-0.4, -0.2) is 43.2 Å². The van der Waals surface area contributed by atoms with Gasteiger partial charge in [0.1, 0.15) is 5.75 Å².